The van der Waals surface area contributed by atoms with Gasteiger partial charge in [-0.05, 0) is 78.6 Å². The molecule has 0 saturated carbocycles. The summed E-state index contributed by atoms with van der Waals surface area (Å²) < 4.78 is 8.61. The maximum atomic E-state index is 12.3. The lowest BCUT2D eigenvalue weighted by Crippen LogP contribution is -2.23. The van der Waals surface area contributed by atoms with E-state index in [2.05, 4.69) is 22.5 Å². The predicted molar refractivity (Wildman–Crippen MR) is 120 cm³/mol. The lowest BCUT2D eigenvalue weighted by molar-refractivity contribution is 0.141. The Morgan fingerprint density at radius 3 is 2.61 bits per heavy atom. The highest BCUT2D eigenvalue weighted by molar-refractivity contribution is 5.98. The fourth-order valence-corrected chi connectivity index (χ4v) is 3.13. The highest BCUT2D eigenvalue weighted by Crippen LogP contribution is 2.24. The molecule has 2 aromatic carbocycles. The van der Waals surface area contributed by atoms with Gasteiger partial charge in [-0.15, -0.1) is 0 Å². The number of tetrazole rings is 1. The number of aryl methyl sites for hydroxylation is 3. The van der Waals surface area contributed by atoms with Gasteiger partial charge < -0.3 is 9.57 Å². The van der Waals surface area contributed by atoms with Crippen molar-refractivity contribution in [3.8, 4) is 11.4 Å². The summed E-state index contributed by atoms with van der Waals surface area (Å²) in [5.41, 5.74) is 5.07. The summed E-state index contributed by atoms with van der Waals surface area (Å²) in [6.07, 6.45) is 2.07. The predicted octanol–water partition coefficient (Wildman–Crippen LogP) is 3.70. The van der Waals surface area contributed by atoms with Gasteiger partial charge in [-0.1, -0.05) is 30.6 Å². The molecule has 0 amide bonds. The van der Waals surface area contributed by atoms with Crippen molar-refractivity contribution in [2.75, 3.05) is 6.61 Å². The molecule has 3 aromatic rings. The molecule has 31 heavy (non-hydrogen) atoms. The summed E-state index contributed by atoms with van der Waals surface area (Å²) in [6, 6.07) is 11.6. The second-order valence-electron chi connectivity index (χ2n) is 7.50. The normalized spacial score (nSPS) is 11.6. The summed E-state index contributed by atoms with van der Waals surface area (Å²) in [4.78, 5) is 17.7. The van der Waals surface area contributed by atoms with E-state index in [-0.39, 0.29) is 5.69 Å². The number of unbranched alkanes of at least 4 members (excludes halogenated alkanes) is 1. The van der Waals surface area contributed by atoms with Crippen LogP contribution in [-0.2, 0) is 18.5 Å². The van der Waals surface area contributed by atoms with Crippen molar-refractivity contribution >= 4 is 5.71 Å². The van der Waals surface area contributed by atoms with E-state index < -0.39 is 0 Å². The van der Waals surface area contributed by atoms with Crippen LogP contribution in [0.25, 0.3) is 5.69 Å². The number of hydrogen-bond donors (Lipinski definition) is 0. The summed E-state index contributed by atoms with van der Waals surface area (Å²) in [5.74, 6) is 0.768. The van der Waals surface area contributed by atoms with Crippen LogP contribution >= 0.6 is 0 Å². The fourth-order valence-electron chi connectivity index (χ4n) is 3.13. The Bertz CT molecular complexity index is 1130. The average Bonchev–Trinajstić information content (AvgIpc) is 3.09. The third-order valence-electron chi connectivity index (χ3n) is 5.09. The van der Waals surface area contributed by atoms with E-state index in [1.54, 1.807) is 7.05 Å². The zero-order chi connectivity index (χ0) is 22.4. The zero-order valence-corrected chi connectivity index (χ0v) is 18.8. The van der Waals surface area contributed by atoms with E-state index >= 15 is 0 Å². The summed E-state index contributed by atoms with van der Waals surface area (Å²) >= 11 is 0. The van der Waals surface area contributed by atoms with Crippen molar-refractivity contribution < 1.29 is 9.57 Å². The van der Waals surface area contributed by atoms with Gasteiger partial charge in [-0.3, -0.25) is 0 Å². The van der Waals surface area contributed by atoms with Crippen molar-refractivity contribution in [2.45, 2.75) is 47.1 Å². The minimum absolute atomic E-state index is 0.302. The minimum Gasteiger partial charge on any atom is -0.489 e. The van der Waals surface area contributed by atoms with Crippen LogP contribution in [0.2, 0.25) is 0 Å². The van der Waals surface area contributed by atoms with Crippen LogP contribution in [0.4, 0.5) is 0 Å². The van der Waals surface area contributed by atoms with Gasteiger partial charge in [0.05, 0.1) is 11.4 Å². The van der Waals surface area contributed by atoms with E-state index in [9.17, 15) is 4.79 Å². The Hall–Kier alpha value is -3.42. The Morgan fingerprint density at radius 1 is 1.13 bits per heavy atom. The van der Waals surface area contributed by atoms with Crippen molar-refractivity contribution in [3.05, 3.63) is 69.1 Å². The Morgan fingerprint density at radius 2 is 1.94 bits per heavy atom. The molecule has 8 nitrogen and oxygen atoms in total. The quantitative estimate of drug-likeness (QED) is 0.298. The molecule has 0 radical (unpaired) electrons. The molecule has 0 spiro atoms. The second-order valence-corrected chi connectivity index (χ2v) is 7.50. The molecule has 0 saturated heterocycles. The third-order valence-corrected chi connectivity index (χ3v) is 5.09. The van der Waals surface area contributed by atoms with Gasteiger partial charge in [0, 0.05) is 12.6 Å². The van der Waals surface area contributed by atoms with Gasteiger partial charge in [0.15, 0.2) is 0 Å². The fraction of sp³-hybridized carbons (Fsp3) is 0.391. The van der Waals surface area contributed by atoms with Crippen molar-refractivity contribution in [3.63, 3.8) is 0 Å². The van der Waals surface area contributed by atoms with Crippen molar-refractivity contribution in [1.82, 2.24) is 19.8 Å². The molecule has 0 atom stereocenters. The van der Waals surface area contributed by atoms with E-state index in [1.807, 2.05) is 57.2 Å². The van der Waals surface area contributed by atoms with Gasteiger partial charge >= 0.3 is 5.69 Å². The number of nitrogens with zero attached hydrogens (tertiary/aromatic N) is 5. The van der Waals surface area contributed by atoms with Crippen LogP contribution in [0.1, 0.15) is 48.9 Å². The van der Waals surface area contributed by atoms with Gasteiger partial charge in [0.25, 0.3) is 0 Å². The third kappa shape index (κ3) is 5.20. The molecule has 0 aliphatic carbocycles. The maximum Gasteiger partial charge on any atom is 0.368 e. The van der Waals surface area contributed by atoms with E-state index in [1.165, 1.54) is 9.36 Å². The topological polar surface area (TPSA) is 83.5 Å². The van der Waals surface area contributed by atoms with Gasteiger partial charge in [0.1, 0.15) is 19.0 Å². The second kappa shape index (κ2) is 10.1. The first-order valence-corrected chi connectivity index (χ1v) is 10.4. The van der Waals surface area contributed by atoms with E-state index in [0.717, 1.165) is 46.6 Å². The first-order chi connectivity index (χ1) is 14.9. The summed E-state index contributed by atoms with van der Waals surface area (Å²) in [7, 11) is 1.57. The SMILES string of the molecule is CCCCO/N=C(/C)c1ccc(OCc2c(C)cccc2-n2nnn(C)c2=O)c(C)c1. The number of rotatable bonds is 9. The highest BCUT2D eigenvalue weighted by Gasteiger charge is 2.14. The van der Waals surface area contributed by atoms with Crippen LogP contribution in [0.3, 0.4) is 0 Å². The molecule has 1 heterocycles. The number of ether oxygens (including phenoxy) is 1. The molecule has 0 bridgehead atoms. The minimum atomic E-state index is -0.302. The lowest BCUT2D eigenvalue weighted by atomic mass is 10.1. The molecular weight excluding hydrogens is 394 g/mol. The maximum absolute atomic E-state index is 12.3. The van der Waals surface area contributed by atoms with Gasteiger partial charge in [0.2, 0.25) is 0 Å². The average molecular weight is 424 g/mol. The first kappa shape index (κ1) is 22.3. The van der Waals surface area contributed by atoms with Crippen LogP contribution in [0, 0.1) is 13.8 Å². The lowest BCUT2D eigenvalue weighted by Gasteiger charge is -2.15. The van der Waals surface area contributed by atoms with E-state index in [4.69, 9.17) is 9.57 Å². The van der Waals surface area contributed by atoms with E-state index in [0.29, 0.717) is 18.9 Å². The highest BCUT2D eigenvalue weighted by atomic mass is 16.6. The Balaban J connectivity index is 1.78. The monoisotopic (exact) mass is 423 g/mol. The Labute approximate surface area is 182 Å². The summed E-state index contributed by atoms with van der Waals surface area (Å²) in [6.45, 7) is 8.96. The van der Waals surface area contributed by atoms with Gasteiger partial charge in [-0.25, -0.2) is 4.79 Å². The molecule has 0 aliphatic heterocycles. The summed E-state index contributed by atoms with van der Waals surface area (Å²) in [5, 5.41) is 12.0. The number of hydrogen-bond acceptors (Lipinski definition) is 6. The number of oxime groups is 1. The van der Waals surface area contributed by atoms with Crippen molar-refractivity contribution in [2.24, 2.45) is 12.2 Å². The molecule has 0 N–H and O–H groups in total. The number of aromatic nitrogens is 4. The molecular formula is C23H29N5O3. The molecule has 0 fully saturated rings. The van der Waals surface area contributed by atoms with Crippen molar-refractivity contribution in [1.29, 1.82) is 0 Å². The number of benzene rings is 2. The largest absolute Gasteiger partial charge is 0.489 e. The van der Waals surface area contributed by atoms with Crippen LogP contribution in [0.5, 0.6) is 5.75 Å². The smallest absolute Gasteiger partial charge is 0.368 e. The Kier molecular flexibility index (Phi) is 7.23. The van der Waals surface area contributed by atoms with Crippen LogP contribution in [-0.4, -0.2) is 32.1 Å². The molecule has 3 rings (SSSR count). The molecule has 0 aliphatic rings. The molecule has 8 heteroatoms. The first-order valence-electron chi connectivity index (χ1n) is 10.4. The molecule has 164 valence electrons. The van der Waals surface area contributed by atoms with Crippen LogP contribution < -0.4 is 10.4 Å². The zero-order valence-electron chi connectivity index (χ0n) is 18.8. The molecule has 0 unspecified atom stereocenters. The molecule has 1 aromatic heterocycles. The standard InChI is InChI=1S/C23H29N5O3/c1-6-7-13-31-24-18(4)19-11-12-22(17(3)14-19)30-15-20-16(2)9-8-10-21(20)28-23(29)27(5)25-26-28/h8-12,14H,6-7,13,15H2,1-5H3/b24-18-. The van der Waals surface area contributed by atoms with Crippen LogP contribution in [0.15, 0.2) is 46.3 Å². The van der Waals surface area contributed by atoms with Gasteiger partial charge in [-0.2, -0.15) is 9.36 Å².